The van der Waals surface area contributed by atoms with Crippen molar-refractivity contribution in [2.24, 2.45) is 0 Å². The van der Waals surface area contributed by atoms with E-state index < -0.39 is 11.7 Å². The number of hydrogen-bond donors (Lipinski definition) is 2. The number of hydrogen-bond acceptors (Lipinski definition) is 2. The number of halogens is 3. The summed E-state index contributed by atoms with van der Waals surface area (Å²) in [5, 5.41) is 5.21. The molecule has 4 nitrogen and oxygen atoms in total. The largest absolute Gasteiger partial charge is 0.416 e. The third-order valence-corrected chi connectivity index (χ3v) is 3.38. The molecular formula is C18H17F3N2O2. The maximum Gasteiger partial charge on any atom is 0.416 e. The van der Waals surface area contributed by atoms with Crippen molar-refractivity contribution in [3.63, 3.8) is 0 Å². The molecule has 0 fully saturated rings. The van der Waals surface area contributed by atoms with Gasteiger partial charge in [0.05, 0.1) is 12.0 Å². The lowest BCUT2D eigenvalue weighted by Crippen LogP contribution is -2.24. The Morgan fingerprint density at radius 1 is 1.00 bits per heavy atom. The Balaban J connectivity index is 1.89. The molecule has 0 heterocycles. The van der Waals surface area contributed by atoms with Crippen molar-refractivity contribution in [3.05, 3.63) is 65.2 Å². The third-order valence-electron chi connectivity index (χ3n) is 3.38. The summed E-state index contributed by atoms with van der Waals surface area (Å²) in [6, 6.07) is 11.6. The van der Waals surface area contributed by atoms with Gasteiger partial charge in [-0.3, -0.25) is 9.59 Å². The predicted octanol–water partition coefficient (Wildman–Crippen LogP) is 3.52. The highest BCUT2D eigenvalue weighted by molar-refractivity contribution is 5.88. The molecule has 0 aliphatic carbocycles. The Hall–Kier alpha value is -2.83. The zero-order valence-electron chi connectivity index (χ0n) is 13.5. The lowest BCUT2D eigenvalue weighted by atomic mass is 10.1. The Morgan fingerprint density at radius 2 is 1.68 bits per heavy atom. The number of carbonyl (C=O) groups excluding carboxylic acids is 2. The first-order valence-corrected chi connectivity index (χ1v) is 7.53. The van der Waals surface area contributed by atoms with Crippen molar-refractivity contribution in [3.8, 4) is 0 Å². The van der Waals surface area contributed by atoms with E-state index in [0.29, 0.717) is 11.3 Å². The van der Waals surface area contributed by atoms with Gasteiger partial charge in [0.25, 0.3) is 0 Å². The van der Waals surface area contributed by atoms with E-state index >= 15 is 0 Å². The Bertz CT molecular complexity index is 756. The second-order valence-electron chi connectivity index (χ2n) is 5.53. The molecule has 2 rings (SSSR count). The van der Waals surface area contributed by atoms with Crippen LogP contribution in [-0.4, -0.2) is 11.8 Å². The highest BCUT2D eigenvalue weighted by atomic mass is 19.4. The van der Waals surface area contributed by atoms with Gasteiger partial charge in [-0.15, -0.1) is 0 Å². The number of carbonyl (C=O) groups is 2. The number of alkyl halides is 3. The topological polar surface area (TPSA) is 58.2 Å². The zero-order valence-corrected chi connectivity index (χ0v) is 13.5. The third kappa shape index (κ3) is 5.95. The minimum Gasteiger partial charge on any atom is -0.352 e. The molecule has 0 spiro atoms. The average molecular weight is 350 g/mol. The van der Waals surface area contributed by atoms with Crippen molar-refractivity contribution >= 4 is 17.5 Å². The van der Waals surface area contributed by atoms with Gasteiger partial charge in [-0.05, 0) is 35.4 Å². The van der Waals surface area contributed by atoms with Crippen molar-refractivity contribution < 1.29 is 22.8 Å². The molecule has 0 radical (unpaired) electrons. The van der Waals surface area contributed by atoms with Crippen LogP contribution in [-0.2, 0) is 28.7 Å². The molecule has 132 valence electrons. The fraction of sp³-hybridized carbons (Fsp3) is 0.222. The fourth-order valence-electron chi connectivity index (χ4n) is 2.22. The minimum atomic E-state index is -4.41. The van der Waals surface area contributed by atoms with E-state index in [0.717, 1.165) is 17.7 Å². The minimum absolute atomic E-state index is 0.0206. The molecule has 2 N–H and O–H groups in total. The van der Waals surface area contributed by atoms with Crippen LogP contribution in [0, 0.1) is 0 Å². The number of nitrogens with one attached hydrogen (secondary N) is 2. The maximum atomic E-state index is 12.7. The van der Waals surface area contributed by atoms with E-state index in [1.54, 1.807) is 24.3 Å². The average Bonchev–Trinajstić information content (AvgIpc) is 2.54. The Labute approximate surface area is 143 Å². The van der Waals surface area contributed by atoms with Gasteiger partial charge < -0.3 is 10.6 Å². The van der Waals surface area contributed by atoms with E-state index in [9.17, 15) is 22.8 Å². The van der Waals surface area contributed by atoms with Crippen LogP contribution < -0.4 is 10.6 Å². The predicted molar refractivity (Wildman–Crippen MR) is 87.7 cm³/mol. The first kappa shape index (κ1) is 18.5. The second kappa shape index (κ2) is 7.83. The monoisotopic (exact) mass is 350 g/mol. The Kier molecular flexibility index (Phi) is 5.80. The molecule has 0 aromatic heterocycles. The standard InChI is InChI=1S/C18H17F3N2O2/c1-12(24)23-16-7-5-13(6-8-16)10-17(25)22-11-14-3-2-4-15(9-14)18(19,20)21/h2-9H,10-11H2,1H3,(H,22,25)(H,23,24). The molecule has 0 saturated heterocycles. The first-order valence-electron chi connectivity index (χ1n) is 7.53. The van der Waals surface area contributed by atoms with Gasteiger partial charge in [0, 0.05) is 19.2 Å². The molecule has 25 heavy (non-hydrogen) atoms. The summed E-state index contributed by atoms with van der Waals surface area (Å²) >= 11 is 0. The van der Waals surface area contributed by atoms with Crippen molar-refractivity contribution in [1.29, 1.82) is 0 Å². The summed E-state index contributed by atoms with van der Waals surface area (Å²) in [6.45, 7) is 1.42. The van der Waals surface area contributed by atoms with Crippen LogP contribution in [0.15, 0.2) is 48.5 Å². The molecule has 2 aromatic rings. The van der Waals surface area contributed by atoms with Crippen LogP contribution in [0.1, 0.15) is 23.6 Å². The van der Waals surface area contributed by atoms with Crippen LogP contribution in [0.4, 0.5) is 18.9 Å². The van der Waals surface area contributed by atoms with Crippen molar-refractivity contribution in [2.75, 3.05) is 5.32 Å². The van der Waals surface area contributed by atoms with Crippen LogP contribution >= 0.6 is 0 Å². The first-order chi connectivity index (χ1) is 11.7. The summed E-state index contributed by atoms with van der Waals surface area (Å²) < 4.78 is 38.0. The Morgan fingerprint density at radius 3 is 2.28 bits per heavy atom. The van der Waals surface area contributed by atoms with Crippen LogP contribution in [0.25, 0.3) is 0 Å². The molecule has 2 aromatic carbocycles. The molecule has 0 unspecified atom stereocenters. The molecule has 0 aliphatic rings. The van der Waals surface area contributed by atoms with E-state index in [2.05, 4.69) is 10.6 Å². The van der Waals surface area contributed by atoms with Crippen LogP contribution in [0.5, 0.6) is 0 Å². The van der Waals surface area contributed by atoms with Crippen molar-refractivity contribution in [1.82, 2.24) is 5.32 Å². The zero-order chi connectivity index (χ0) is 18.4. The quantitative estimate of drug-likeness (QED) is 0.867. The lowest BCUT2D eigenvalue weighted by molar-refractivity contribution is -0.137. The van der Waals surface area contributed by atoms with Crippen LogP contribution in [0.2, 0.25) is 0 Å². The highest BCUT2D eigenvalue weighted by Crippen LogP contribution is 2.29. The molecule has 2 amide bonds. The highest BCUT2D eigenvalue weighted by Gasteiger charge is 2.30. The van der Waals surface area contributed by atoms with Gasteiger partial charge in [0.15, 0.2) is 0 Å². The normalized spacial score (nSPS) is 11.0. The summed E-state index contributed by atoms with van der Waals surface area (Å²) in [4.78, 5) is 22.9. The summed E-state index contributed by atoms with van der Waals surface area (Å²) in [7, 11) is 0. The van der Waals surface area contributed by atoms with Crippen molar-refractivity contribution in [2.45, 2.75) is 26.1 Å². The van der Waals surface area contributed by atoms with Gasteiger partial charge in [-0.1, -0.05) is 24.3 Å². The van der Waals surface area contributed by atoms with E-state index in [4.69, 9.17) is 0 Å². The van der Waals surface area contributed by atoms with Gasteiger partial charge in [-0.2, -0.15) is 13.2 Å². The molecule has 7 heteroatoms. The number of anilines is 1. The number of amides is 2. The van der Waals surface area contributed by atoms with E-state index in [1.165, 1.54) is 19.1 Å². The van der Waals surface area contributed by atoms with Gasteiger partial charge >= 0.3 is 6.18 Å². The second-order valence-corrected chi connectivity index (χ2v) is 5.53. The molecular weight excluding hydrogens is 333 g/mol. The molecule has 0 saturated carbocycles. The van der Waals surface area contributed by atoms with Gasteiger partial charge in [0.2, 0.25) is 11.8 Å². The lowest BCUT2D eigenvalue weighted by Gasteiger charge is -2.10. The summed E-state index contributed by atoms with van der Waals surface area (Å²) in [5.74, 6) is -0.490. The maximum absolute atomic E-state index is 12.7. The number of benzene rings is 2. The summed E-state index contributed by atoms with van der Waals surface area (Å²) in [5.41, 5.74) is 0.994. The molecule has 0 bridgehead atoms. The van der Waals surface area contributed by atoms with E-state index in [1.807, 2.05) is 0 Å². The van der Waals surface area contributed by atoms with Gasteiger partial charge in [-0.25, -0.2) is 0 Å². The van der Waals surface area contributed by atoms with Crippen LogP contribution in [0.3, 0.4) is 0 Å². The summed E-state index contributed by atoms with van der Waals surface area (Å²) in [6.07, 6.45) is -4.31. The van der Waals surface area contributed by atoms with E-state index in [-0.39, 0.29) is 24.8 Å². The number of rotatable bonds is 5. The van der Waals surface area contributed by atoms with Gasteiger partial charge in [0.1, 0.15) is 0 Å². The molecule has 0 atom stereocenters. The fourth-order valence-corrected chi connectivity index (χ4v) is 2.22. The smallest absolute Gasteiger partial charge is 0.352 e. The SMILES string of the molecule is CC(=O)Nc1ccc(CC(=O)NCc2cccc(C(F)(F)F)c2)cc1. The molecule has 0 aliphatic heterocycles.